The maximum atomic E-state index is 12.6. The number of rotatable bonds is 30. The summed E-state index contributed by atoms with van der Waals surface area (Å²) in [6.07, 6.45) is 3.99. The third-order valence-electron chi connectivity index (χ3n) is 9.43. The Morgan fingerprint density at radius 2 is 1.39 bits per heavy atom. The average molecular weight is 866 g/mol. The van der Waals surface area contributed by atoms with Gasteiger partial charge in [-0.15, -0.1) is 0 Å². The SMILES string of the molecule is CC(C)(CCOC(C)(C)C(N)=O)Nc1c(NCCCOCCOCCOCCCNC(=O)CCCNC(=O)c2ccc(NCc3cnc4nc(N)[nH]c(=O)c4n3)cc2)c(=O)c1=O. The van der Waals surface area contributed by atoms with E-state index in [2.05, 4.69) is 46.5 Å². The van der Waals surface area contributed by atoms with Gasteiger partial charge in [0, 0.05) is 56.1 Å². The molecule has 3 amide bonds. The molecule has 0 fully saturated rings. The van der Waals surface area contributed by atoms with E-state index >= 15 is 0 Å². The molecule has 0 unspecified atom stereocenters. The van der Waals surface area contributed by atoms with Crippen LogP contribution in [0.4, 0.5) is 23.0 Å². The number of carbonyl (C=O) groups is 3. The van der Waals surface area contributed by atoms with Crippen LogP contribution >= 0.6 is 0 Å². The highest BCUT2D eigenvalue weighted by molar-refractivity contribution is 5.94. The van der Waals surface area contributed by atoms with Crippen LogP contribution in [-0.2, 0) is 35.1 Å². The van der Waals surface area contributed by atoms with Crippen molar-refractivity contribution < 1.29 is 33.3 Å². The Bertz CT molecular complexity index is 2220. The lowest BCUT2D eigenvalue weighted by Crippen LogP contribution is -2.45. The van der Waals surface area contributed by atoms with Gasteiger partial charge in [0.15, 0.2) is 11.2 Å². The van der Waals surface area contributed by atoms with Crippen LogP contribution < -0.4 is 54.5 Å². The number of hydrogen-bond acceptors (Lipinski definition) is 17. The predicted molar refractivity (Wildman–Crippen MR) is 234 cm³/mol. The Morgan fingerprint density at radius 3 is 2.06 bits per heavy atom. The molecule has 0 spiro atoms. The van der Waals surface area contributed by atoms with Crippen LogP contribution in [0.25, 0.3) is 11.2 Å². The molecule has 10 N–H and O–H groups in total. The molecule has 21 heteroatoms. The molecule has 2 heterocycles. The largest absolute Gasteiger partial charge is 0.380 e. The molecule has 0 aliphatic rings. The van der Waals surface area contributed by atoms with Gasteiger partial charge in [0.05, 0.1) is 51.5 Å². The molecule has 0 atom stereocenters. The van der Waals surface area contributed by atoms with E-state index in [0.717, 1.165) is 5.69 Å². The molecular weight excluding hydrogens is 807 g/mol. The third-order valence-corrected chi connectivity index (χ3v) is 9.43. The van der Waals surface area contributed by atoms with E-state index in [1.807, 2.05) is 13.8 Å². The molecule has 0 aliphatic carbocycles. The number of anilines is 4. The normalized spacial score (nSPS) is 11.7. The van der Waals surface area contributed by atoms with Crippen LogP contribution in [0, 0.1) is 0 Å². The zero-order chi connectivity index (χ0) is 45.1. The lowest BCUT2D eigenvalue weighted by molar-refractivity contribution is -0.139. The van der Waals surface area contributed by atoms with Crippen molar-refractivity contribution in [3.05, 3.63) is 72.5 Å². The molecule has 0 radical (unpaired) electrons. The van der Waals surface area contributed by atoms with Crippen LogP contribution in [0.15, 0.2) is 44.8 Å². The van der Waals surface area contributed by atoms with Crippen molar-refractivity contribution in [3.8, 4) is 0 Å². The number of nitrogens with zero attached hydrogens (tertiary/aromatic N) is 3. The number of aromatic amines is 1. The second kappa shape index (κ2) is 23.8. The Kier molecular flexibility index (Phi) is 18.7. The van der Waals surface area contributed by atoms with E-state index in [1.54, 1.807) is 38.1 Å². The number of ether oxygens (including phenoxy) is 4. The quantitative estimate of drug-likeness (QED) is 0.0267. The van der Waals surface area contributed by atoms with Crippen molar-refractivity contribution in [2.24, 2.45) is 5.73 Å². The van der Waals surface area contributed by atoms with Gasteiger partial charge in [-0.1, -0.05) is 0 Å². The van der Waals surface area contributed by atoms with Crippen LogP contribution in [-0.4, -0.2) is 115 Å². The summed E-state index contributed by atoms with van der Waals surface area (Å²) in [4.78, 5) is 87.4. The molecule has 0 aliphatic heterocycles. The minimum atomic E-state index is -1.11. The number of nitrogens with two attached hydrogens (primary N) is 2. The van der Waals surface area contributed by atoms with E-state index < -0.39 is 33.5 Å². The second-order valence-corrected chi connectivity index (χ2v) is 15.5. The first kappa shape index (κ1) is 48.6. The topological polar surface area (TPSA) is 306 Å². The Hall–Kier alpha value is -6.03. The first-order chi connectivity index (χ1) is 29.6. The van der Waals surface area contributed by atoms with Gasteiger partial charge in [-0.25, -0.2) is 9.97 Å². The Balaban J connectivity index is 0.934. The average Bonchev–Trinajstić information content (AvgIpc) is 3.23. The highest BCUT2D eigenvalue weighted by Gasteiger charge is 2.29. The van der Waals surface area contributed by atoms with Gasteiger partial charge in [-0.3, -0.25) is 33.8 Å². The predicted octanol–water partition coefficient (Wildman–Crippen LogP) is 0.933. The molecule has 62 heavy (non-hydrogen) atoms. The highest BCUT2D eigenvalue weighted by Crippen LogP contribution is 2.23. The van der Waals surface area contributed by atoms with E-state index in [9.17, 15) is 28.8 Å². The summed E-state index contributed by atoms with van der Waals surface area (Å²) in [5.74, 6) is -0.955. The first-order valence-corrected chi connectivity index (χ1v) is 20.5. The van der Waals surface area contributed by atoms with Gasteiger partial charge >= 0.3 is 0 Å². The maximum absolute atomic E-state index is 12.6. The van der Waals surface area contributed by atoms with E-state index in [-0.39, 0.29) is 53.3 Å². The maximum Gasteiger partial charge on any atom is 0.280 e. The van der Waals surface area contributed by atoms with Crippen molar-refractivity contribution in [3.63, 3.8) is 0 Å². The lowest BCUT2D eigenvalue weighted by atomic mass is 9.99. The molecule has 2 aromatic heterocycles. The van der Waals surface area contributed by atoms with E-state index in [4.69, 9.17) is 30.4 Å². The van der Waals surface area contributed by atoms with Crippen molar-refractivity contribution >= 4 is 51.9 Å². The number of nitrogen functional groups attached to an aromatic ring is 1. The monoisotopic (exact) mass is 865 g/mol. The van der Waals surface area contributed by atoms with Crippen LogP contribution in [0.1, 0.15) is 75.9 Å². The summed E-state index contributed by atoms with van der Waals surface area (Å²) in [5, 5.41) is 15.0. The van der Waals surface area contributed by atoms with Crippen molar-refractivity contribution in [1.29, 1.82) is 0 Å². The smallest absolute Gasteiger partial charge is 0.280 e. The number of nitrogens with one attached hydrogen (secondary N) is 6. The number of carbonyl (C=O) groups excluding carboxylic acids is 3. The van der Waals surface area contributed by atoms with E-state index in [1.165, 1.54) is 6.20 Å². The minimum Gasteiger partial charge on any atom is -0.380 e. The molecule has 21 nitrogen and oxygen atoms in total. The lowest BCUT2D eigenvalue weighted by Gasteiger charge is -2.31. The molecular formula is C41H59N11O10. The minimum absolute atomic E-state index is 0.0305. The fourth-order valence-corrected chi connectivity index (χ4v) is 5.67. The van der Waals surface area contributed by atoms with Crippen LogP contribution in [0.3, 0.4) is 0 Å². The summed E-state index contributed by atoms with van der Waals surface area (Å²) in [6.45, 7) is 11.2. The fraction of sp³-hybridized carbons (Fsp3) is 0.537. The summed E-state index contributed by atoms with van der Waals surface area (Å²) in [7, 11) is 0. The molecule has 4 aromatic rings. The molecule has 0 saturated heterocycles. The van der Waals surface area contributed by atoms with E-state index in [0.29, 0.717) is 103 Å². The molecule has 0 bridgehead atoms. The number of fused-ring (bicyclic) bond motifs is 1. The standard InChI is InChI=1S/C41H59N11O10/c1-40(2,13-19-62-41(3,4)38(42)58)52-31-30(33(54)34(31)55)45-16-7-18-60-21-23-61-22-20-59-17-6-15-44-29(53)8-5-14-46-36(56)26-9-11-27(12-10-26)47-24-28-25-48-35-32(49-28)37(57)51-39(43)50-35/h9-12,25,45,47,52H,5-8,13-24H2,1-4H3,(H2,42,58)(H,44,53)(H,46,56)(H3,43,48,50,51,57). The number of amides is 3. The van der Waals surface area contributed by atoms with Gasteiger partial charge in [-0.05, 0) is 77.6 Å². The summed E-state index contributed by atoms with van der Waals surface area (Å²) >= 11 is 0. The van der Waals surface area contributed by atoms with Crippen molar-refractivity contribution in [2.75, 3.05) is 87.6 Å². The number of benzene rings is 1. The van der Waals surface area contributed by atoms with Crippen LogP contribution in [0.2, 0.25) is 0 Å². The third kappa shape index (κ3) is 15.8. The summed E-state index contributed by atoms with van der Waals surface area (Å²) in [5.41, 5.74) is 10.1. The molecule has 4 rings (SSSR count). The van der Waals surface area contributed by atoms with Crippen molar-refractivity contribution in [2.45, 2.75) is 77.5 Å². The van der Waals surface area contributed by atoms with Gasteiger partial charge in [-0.2, -0.15) is 4.98 Å². The molecule has 0 saturated carbocycles. The van der Waals surface area contributed by atoms with Gasteiger partial charge in [0.1, 0.15) is 17.0 Å². The zero-order valence-electron chi connectivity index (χ0n) is 35.8. The van der Waals surface area contributed by atoms with Crippen LogP contribution in [0.5, 0.6) is 0 Å². The van der Waals surface area contributed by atoms with Gasteiger partial charge < -0.3 is 57.0 Å². The summed E-state index contributed by atoms with van der Waals surface area (Å²) in [6, 6.07) is 6.87. The van der Waals surface area contributed by atoms with Gasteiger partial charge in [0.25, 0.3) is 22.3 Å². The fourth-order valence-electron chi connectivity index (χ4n) is 5.67. The number of primary amides is 1. The molecule has 2 aromatic carbocycles. The number of aromatic nitrogens is 4. The second-order valence-electron chi connectivity index (χ2n) is 15.5. The summed E-state index contributed by atoms with van der Waals surface area (Å²) < 4.78 is 22.3. The Morgan fingerprint density at radius 1 is 0.758 bits per heavy atom. The molecule has 338 valence electrons. The zero-order valence-corrected chi connectivity index (χ0v) is 35.8. The highest BCUT2D eigenvalue weighted by atomic mass is 16.5. The van der Waals surface area contributed by atoms with Gasteiger partial charge in [0.2, 0.25) is 17.8 Å². The van der Waals surface area contributed by atoms with Crippen molar-refractivity contribution in [1.82, 2.24) is 30.6 Å². The Labute approximate surface area is 358 Å². The first-order valence-electron chi connectivity index (χ1n) is 20.5. The number of H-pyrrole nitrogens is 1. The number of hydrogen-bond donors (Lipinski definition) is 8.